The van der Waals surface area contributed by atoms with E-state index in [0.29, 0.717) is 17.9 Å². The van der Waals surface area contributed by atoms with Crippen LogP contribution in [0.5, 0.6) is 0 Å². The minimum atomic E-state index is -0.980. The molecule has 0 bridgehead atoms. The van der Waals surface area contributed by atoms with Crippen LogP contribution in [0, 0.1) is 0 Å². The Hall–Kier alpha value is -3.76. The van der Waals surface area contributed by atoms with E-state index in [2.05, 4.69) is 5.32 Å². The van der Waals surface area contributed by atoms with Gasteiger partial charge in [0.05, 0.1) is 16.8 Å². The largest absolute Gasteiger partial charge is 0.460 e. The third-order valence-electron chi connectivity index (χ3n) is 7.78. The number of hydrogen-bond donors (Lipinski definition) is 1. The third kappa shape index (κ3) is 17.5. The van der Waals surface area contributed by atoms with Gasteiger partial charge in [0.25, 0.3) is 11.8 Å². The maximum absolute atomic E-state index is 13.0. The lowest BCUT2D eigenvalue weighted by atomic mass is 10.0. The van der Waals surface area contributed by atoms with E-state index in [0.717, 1.165) is 32.1 Å². The zero-order valence-electron chi connectivity index (χ0n) is 30.6. The van der Waals surface area contributed by atoms with Crippen molar-refractivity contribution >= 4 is 41.3 Å². The van der Waals surface area contributed by atoms with Crippen molar-refractivity contribution in [1.29, 1.82) is 0 Å². The van der Waals surface area contributed by atoms with E-state index in [1.54, 1.807) is 20.8 Å². The molecule has 0 saturated carbocycles. The molecule has 1 fully saturated rings. The second-order valence-electron chi connectivity index (χ2n) is 14.8. The summed E-state index contributed by atoms with van der Waals surface area (Å²) in [6.07, 6.45) is 16.3. The molecule has 0 radical (unpaired) electrons. The van der Waals surface area contributed by atoms with E-state index < -0.39 is 35.0 Å². The Morgan fingerprint density at radius 2 is 1.08 bits per heavy atom. The van der Waals surface area contributed by atoms with Crippen LogP contribution in [0.15, 0.2) is 18.2 Å². The molecule has 0 aromatic heterocycles. The standard InChI is InChI=1S/C38H58N2O9/c1-37(2,3)47-34(44)22-20-18-16-14-12-10-8-7-9-11-13-15-17-19-21-31(41)39-30-24-23-28(27-29(30)36(46)48-38(4,5)6)35(45)49-40-32(42)25-26-33(40)43/h23-24,27H,7-22,25-26H2,1-6H3,(H,39,41). The normalized spacial score (nSPS) is 13.4. The summed E-state index contributed by atoms with van der Waals surface area (Å²) in [6.45, 7) is 10.8. The molecular weight excluding hydrogens is 628 g/mol. The molecule has 0 aliphatic carbocycles. The first-order chi connectivity index (χ1) is 23.1. The van der Waals surface area contributed by atoms with Crippen molar-refractivity contribution in [3.05, 3.63) is 29.3 Å². The van der Waals surface area contributed by atoms with Crippen molar-refractivity contribution in [2.24, 2.45) is 0 Å². The average molecular weight is 687 g/mol. The predicted octanol–water partition coefficient (Wildman–Crippen LogP) is 8.38. The molecular formula is C38H58N2O9. The predicted molar refractivity (Wildman–Crippen MR) is 186 cm³/mol. The first kappa shape index (κ1) is 41.4. The number of nitrogens with one attached hydrogen (secondary N) is 1. The number of benzene rings is 1. The summed E-state index contributed by atoms with van der Waals surface area (Å²) in [5, 5.41) is 3.20. The van der Waals surface area contributed by atoms with Gasteiger partial charge in [-0.1, -0.05) is 77.0 Å². The molecule has 3 amide bonds. The SMILES string of the molecule is CC(C)(C)OC(=O)CCCCCCCCCCCCCCCCC(=O)Nc1ccc(C(=O)ON2C(=O)CCC2=O)cc1C(=O)OC(C)(C)C. The highest BCUT2D eigenvalue weighted by atomic mass is 16.7. The van der Waals surface area contributed by atoms with Gasteiger partial charge in [-0.15, -0.1) is 5.06 Å². The molecule has 0 atom stereocenters. The first-order valence-electron chi connectivity index (χ1n) is 18.0. The van der Waals surface area contributed by atoms with Crippen molar-refractivity contribution < 1.29 is 43.1 Å². The molecule has 1 aliphatic rings. The monoisotopic (exact) mass is 686 g/mol. The van der Waals surface area contributed by atoms with E-state index in [4.69, 9.17) is 14.3 Å². The van der Waals surface area contributed by atoms with Gasteiger partial charge >= 0.3 is 17.9 Å². The van der Waals surface area contributed by atoms with E-state index in [9.17, 15) is 28.8 Å². The molecule has 1 heterocycles. The smallest absolute Gasteiger partial charge is 0.363 e. The van der Waals surface area contributed by atoms with Crippen LogP contribution in [-0.4, -0.2) is 51.9 Å². The Bertz CT molecular complexity index is 1260. The van der Waals surface area contributed by atoms with Crippen molar-refractivity contribution in [2.45, 2.75) is 168 Å². The molecule has 2 rings (SSSR count). The maximum atomic E-state index is 13.0. The minimum absolute atomic E-state index is 0.0351. The number of esters is 2. The van der Waals surface area contributed by atoms with E-state index >= 15 is 0 Å². The summed E-state index contributed by atoms with van der Waals surface area (Å²) in [5.41, 5.74) is -1.14. The second kappa shape index (κ2) is 20.7. The fourth-order valence-electron chi connectivity index (χ4n) is 5.36. The number of nitrogens with zero attached hydrogens (tertiary/aromatic N) is 1. The van der Waals surface area contributed by atoms with Crippen LogP contribution in [0.2, 0.25) is 0 Å². The second-order valence-corrected chi connectivity index (χ2v) is 14.8. The number of anilines is 1. The van der Waals surface area contributed by atoms with Crippen molar-refractivity contribution in [3.8, 4) is 0 Å². The summed E-state index contributed by atoms with van der Waals surface area (Å²) in [4.78, 5) is 78.8. The van der Waals surface area contributed by atoms with Crippen LogP contribution >= 0.6 is 0 Å². The van der Waals surface area contributed by atoms with Gasteiger partial charge in [-0.25, -0.2) is 9.59 Å². The van der Waals surface area contributed by atoms with Gasteiger partial charge in [0.15, 0.2) is 0 Å². The molecule has 1 N–H and O–H groups in total. The van der Waals surface area contributed by atoms with Gasteiger partial charge in [-0.05, 0) is 72.6 Å². The summed E-state index contributed by atoms with van der Waals surface area (Å²) < 4.78 is 10.8. The van der Waals surface area contributed by atoms with Gasteiger partial charge < -0.3 is 19.6 Å². The molecule has 11 nitrogen and oxygen atoms in total. The first-order valence-corrected chi connectivity index (χ1v) is 18.0. The number of carbonyl (C=O) groups is 6. The van der Waals surface area contributed by atoms with Crippen molar-refractivity contribution in [2.75, 3.05) is 5.32 Å². The fourth-order valence-corrected chi connectivity index (χ4v) is 5.36. The Kier molecular flexibility index (Phi) is 17.5. The number of carbonyl (C=O) groups excluding carboxylic acids is 6. The molecule has 274 valence electrons. The summed E-state index contributed by atoms with van der Waals surface area (Å²) >= 11 is 0. The number of hydrogen-bond acceptors (Lipinski definition) is 9. The lowest BCUT2D eigenvalue weighted by molar-refractivity contribution is -0.172. The van der Waals surface area contributed by atoms with Crippen molar-refractivity contribution in [1.82, 2.24) is 5.06 Å². The fraction of sp³-hybridized carbons (Fsp3) is 0.684. The quantitative estimate of drug-likeness (QED) is 0.0765. The van der Waals surface area contributed by atoms with Crippen LogP contribution in [0.3, 0.4) is 0 Å². The Balaban J connectivity index is 1.63. The Labute approximate surface area is 292 Å². The summed E-state index contributed by atoms with van der Waals surface area (Å²) in [5.74, 6) is -3.30. The average Bonchev–Trinajstić information content (AvgIpc) is 3.31. The highest BCUT2D eigenvalue weighted by Gasteiger charge is 2.33. The molecule has 0 unspecified atom stereocenters. The highest BCUT2D eigenvalue weighted by Crippen LogP contribution is 2.24. The minimum Gasteiger partial charge on any atom is -0.460 e. The molecule has 1 aromatic carbocycles. The van der Waals surface area contributed by atoms with Crippen LogP contribution in [0.25, 0.3) is 0 Å². The lowest BCUT2D eigenvalue weighted by Crippen LogP contribution is -2.32. The number of rotatable bonds is 21. The van der Waals surface area contributed by atoms with E-state index in [1.165, 1.54) is 69.6 Å². The van der Waals surface area contributed by atoms with E-state index in [1.807, 2.05) is 20.8 Å². The van der Waals surface area contributed by atoms with Gasteiger partial charge in [-0.2, -0.15) is 0 Å². The maximum Gasteiger partial charge on any atom is 0.363 e. The summed E-state index contributed by atoms with van der Waals surface area (Å²) in [7, 11) is 0. The zero-order valence-corrected chi connectivity index (χ0v) is 30.6. The lowest BCUT2D eigenvalue weighted by Gasteiger charge is -2.21. The zero-order chi connectivity index (χ0) is 36.5. The third-order valence-corrected chi connectivity index (χ3v) is 7.78. The molecule has 49 heavy (non-hydrogen) atoms. The van der Waals surface area contributed by atoms with Gasteiger partial charge in [-0.3, -0.25) is 19.2 Å². The summed E-state index contributed by atoms with van der Waals surface area (Å²) in [6, 6.07) is 4.00. The van der Waals surface area contributed by atoms with Gasteiger partial charge in [0.1, 0.15) is 11.2 Å². The number of imide groups is 1. The molecule has 11 heteroatoms. The van der Waals surface area contributed by atoms with Crippen LogP contribution in [0.4, 0.5) is 5.69 Å². The van der Waals surface area contributed by atoms with Gasteiger partial charge in [0, 0.05) is 25.7 Å². The molecule has 1 aromatic rings. The molecule has 1 aliphatic heterocycles. The number of hydroxylamine groups is 2. The van der Waals surface area contributed by atoms with Crippen molar-refractivity contribution in [3.63, 3.8) is 0 Å². The van der Waals surface area contributed by atoms with Crippen LogP contribution in [-0.2, 0) is 33.5 Å². The van der Waals surface area contributed by atoms with Gasteiger partial charge in [0.2, 0.25) is 5.91 Å². The van der Waals surface area contributed by atoms with Crippen LogP contribution in [0.1, 0.15) is 178 Å². The topological polar surface area (TPSA) is 145 Å². The van der Waals surface area contributed by atoms with Crippen LogP contribution < -0.4 is 5.32 Å². The highest BCUT2D eigenvalue weighted by molar-refractivity contribution is 6.05. The number of ether oxygens (including phenoxy) is 2. The molecule has 0 spiro atoms. The number of unbranched alkanes of at least 4 members (excludes halogenated alkanes) is 13. The van der Waals surface area contributed by atoms with E-state index in [-0.39, 0.29) is 48.0 Å². The molecule has 1 saturated heterocycles. The Morgan fingerprint density at radius 1 is 0.633 bits per heavy atom. The number of amides is 3. The Morgan fingerprint density at radius 3 is 1.55 bits per heavy atom.